The first-order chi connectivity index (χ1) is 8.25. The van der Waals surface area contributed by atoms with Gasteiger partial charge in [0.15, 0.2) is 0 Å². The highest BCUT2D eigenvalue weighted by atomic mass is 16.5. The van der Waals surface area contributed by atoms with Crippen molar-refractivity contribution in [1.82, 2.24) is 9.78 Å². The number of rotatable bonds is 5. The Kier molecular flexibility index (Phi) is 3.77. The number of para-hydroxylation sites is 1. The maximum Gasteiger partial charge on any atom is 0.119 e. The summed E-state index contributed by atoms with van der Waals surface area (Å²) in [6.07, 6.45) is 3.52. The summed E-state index contributed by atoms with van der Waals surface area (Å²) in [4.78, 5) is 0. The van der Waals surface area contributed by atoms with Crippen LogP contribution in [0.15, 0.2) is 42.7 Å². The summed E-state index contributed by atoms with van der Waals surface area (Å²) in [5.74, 6) is 0.825. The van der Waals surface area contributed by atoms with Gasteiger partial charge in [0.05, 0.1) is 18.9 Å². The van der Waals surface area contributed by atoms with E-state index in [-0.39, 0.29) is 0 Å². The number of nitrogens with zero attached hydrogens (tertiary/aromatic N) is 2. The van der Waals surface area contributed by atoms with Crippen molar-refractivity contribution in [3.63, 3.8) is 0 Å². The molecule has 1 aromatic carbocycles. The van der Waals surface area contributed by atoms with Crippen LogP contribution in [-0.4, -0.2) is 21.5 Å². The summed E-state index contributed by atoms with van der Waals surface area (Å²) in [6, 6.07) is 9.59. The van der Waals surface area contributed by atoms with Gasteiger partial charge in [-0.3, -0.25) is 4.68 Å². The number of aromatic nitrogens is 2. The van der Waals surface area contributed by atoms with Gasteiger partial charge >= 0.3 is 0 Å². The maximum atomic E-state index is 9.88. The fraction of sp³-hybridized carbons (Fsp3) is 0.308. The van der Waals surface area contributed by atoms with Crippen LogP contribution in [0.25, 0.3) is 0 Å². The van der Waals surface area contributed by atoms with Crippen molar-refractivity contribution in [2.24, 2.45) is 7.05 Å². The lowest BCUT2D eigenvalue weighted by Crippen LogP contribution is -2.04. The van der Waals surface area contributed by atoms with Gasteiger partial charge in [-0.2, -0.15) is 5.10 Å². The Bertz CT molecular complexity index is 453. The van der Waals surface area contributed by atoms with E-state index in [9.17, 15) is 5.11 Å². The first-order valence-electron chi connectivity index (χ1n) is 5.60. The minimum absolute atomic E-state index is 0.486. The van der Waals surface area contributed by atoms with Crippen molar-refractivity contribution < 1.29 is 9.84 Å². The fourth-order valence-electron chi connectivity index (χ4n) is 1.58. The molecule has 17 heavy (non-hydrogen) atoms. The SMILES string of the molecule is Cn1cc(C(O)CCOc2ccccc2)cn1. The summed E-state index contributed by atoms with van der Waals surface area (Å²) in [5.41, 5.74) is 0.823. The van der Waals surface area contributed by atoms with E-state index >= 15 is 0 Å². The number of benzene rings is 1. The third-order valence-electron chi connectivity index (χ3n) is 2.51. The lowest BCUT2D eigenvalue weighted by molar-refractivity contribution is 0.140. The van der Waals surface area contributed by atoms with E-state index in [1.807, 2.05) is 43.6 Å². The second kappa shape index (κ2) is 5.50. The lowest BCUT2D eigenvalue weighted by atomic mass is 10.1. The van der Waals surface area contributed by atoms with E-state index in [0.29, 0.717) is 13.0 Å². The van der Waals surface area contributed by atoms with E-state index < -0.39 is 6.10 Å². The lowest BCUT2D eigenvalue weighted by Gasteiger charge is -2.09. The summed E-state index contributed by atoms with van der Waals surface area (Å²) in [5, 5.41) is 13.9. The monoisotopic (exact) mass is 232 g/mol. The molecule has 2 rings (SSSR count). The van der Waals surface area contributed by atoms with E-state index in [1.54, 1.807) is 10.9 Å². The number of hydrogen-bond donors (Lipinski definition) is 1. The molecule has 0 saturated carbocycles. The highest BCUT2D eigenvalue weighted by molar-refractivity contribution is 5.20. The van der Waals surface area contributed by atoms with Crippen LogP contribution in [-0.2, 0) is 7.05 Å². The molecule has 0 bridgehead atoms. The van der Waals surface area contributed by atoms with Crippen LogP contribution in [0.2, 0.25) is 0 Å². The molecular weight excluding hydrogens is 216 g/mol. The molecule has 1 aromatic heterocycles. The molecule has 90 valence electrons. The van der Waals surface area contributed by atoms with Crippen LogP contribution < -0.4 is 4.74 Å². The fourth-order valence-corrected chi connectivity index (χ4v) is 1.58. The number of ether oxygens (including phenoxy) is 1. The Balaban J connectivity index is 1.79. The molecule has 1 heterocycles. The van der Waals surface area contributed by atoms with Gasteiger partial charge in [-0.1, -0.05) is 18.2 Å². The summed E-state index contributed by atoms with van der Waals surface area (Å²) < 4.78 is 7.19. The molecule has 0 aliphatic rings. The van der Waals surface area contributed by atoms with Gasteiger partial charge in [-0.05, 0) is 12.1 Å². The summed E-state index contributed by atoms with van der Waals surface area (Å²) in [7, 11) is 1.83. The molecule has 4 nitrogen and oxygen atoms in total. The van der Waals surface area contributed by atoms with Crippen molar-refractivity contribution in [3.05, 3.63) is 48.3 Å². The van der Waals surface area contributed by atoms with Crippen molar-refractivity contribution in [3.8, 4) is 5.75 Å². The Morgan fingerprint density at radius 1 is 1.35 bits per heavy atom. The van der Waals surface area contributed by atoms with Gasteiger partial charge in [-0.25, -0.2) is 0 Å². The highest BCUT2D eigenvalue weighted by Gasteiger charge is 2.09. The largest absolute Gasteiger partial charge is 0.493 e. The first-order valence-corrected chi connectivity index (χ1v) is 5.60. The molecule has 0 amide bonds. The van der Waals surface area contributed by atoms with Gasteiger partial charge in [0.1, 0.15) is 5.75 Å². The second-order valence-corrected chi connectivity index (χ2v) is 3.91. The van der Waals surface area contributed by atoms with Gasteiger partial charge in [0, 0.05) is 25.2 Å². The summed E-state index contributed by atoms with van der Waals surface area (Å²) >= 11 is 0. The third kappa shape index (κ3) is 3.32. The average molecular weight is 232 g/mol. The van der Waals surface area contributed by atoms with Gasteiger partial charge in [-0.15, -0.1) is 0 Å². The van der Waals surface area contributed by atoms with E-state index in [2.05, 4.69) is 5.10 Å². The minimum atomic E-state index is -0.521. The number of hydrogen-bond acceptors (Lipinski definition) is 3. The predicted molar refractivity (Wildman–Crippen MR) is 64.7 cm³/mol. The van der Waals surface area contributed by atoms with E-state index in [1.165, 1.54) is 0 Å². The van der Waals surface area contributed by atoms with Crippen LogP contribution in [0.3, 0.4) is 0 Å². The molecule has 0 saturated heterocycles. The molecule has 1 N–H and O–H groups in total. The molecule has 1 atom stereocenters. The standard InChI is InChI=1S/C13H16N2O2/c1-15-10-11(9-14-15)13(16)7-8-17-12-5-3-2-4-6-12/h2-6,9-10,13,16H,7-8H2,1H3. The van der Waals surface area contributed by atoms with E-state index in [4.69, 9.17) is 4.74 Å². The van der Waals surface area contributed by atoms with Gasteiger partial charge < -0.3 is 9.84 Å². The third-order valence-corrected chi connectivity index (χ3v) is 2.51. The zero-order valence-electron chi connectivity index (χ0n) is 9.78. The molecular formula is C13H16N2O2. The molecule has 1 unspecified atom stereocenters. The van der Waals surface area contributed by atoms with Crippen molar-refractivity contribution in [2.45, 2.75) is 12.5 Å². The normalized spacial score (nSPS) is 12.4. The van der Waals surface area contributed by atoms with Crippen LogP contribution in [0.1, 0.15) is 18.1 Å². The topological polar surface area (TPSA) is 47.3 Å². The van der Waals surface area contributed by atoms with Crippen LogP contribution in [0.5, 0.6) is 5.75 Å². The zero-order chi connectivity index (χ0) is 12.1. The van der Waals surface area contributed by atoms with Gasteiger partial charge in [0.2, 0.25) is 0 Å². The Labute approximate surface area is 100 Å². The number of aryl methyl sites for hydroxylation is 1. The Hall–Kier alpha value is -1.81. The highest BCUT2D eigenvalue weighted by Crippen LogP contribution is 2.16. The van der Waals surface area contributed by atoms with Crippen molar-refractivity contribution >= 4 is 0 Å². The average Bonchev–Trinajstić information content (AvgIpc) is 2.77. The molecule has 4 heteroatoms. The number of aliphatic hydroxyl groups excluding tert-OH is 1. The zero-order valence-corrected chi connectivity index (χ0v) is 9.78. The smallest absolute Gasteiger partial charge is 0.119 e. The summed E-state index contributed by atoms with van der Waals surface area (Å²) in [6.45, 7) is 0.486. The van der Waals surface area contributed by atoms with Crippen molar-refractivity contribution in [2.75, 3.05) is 6.61 Å². The minimum Gasteiger partial charge on any atom is -0.493 e. The Morgan fingerprint density at radius 3 is 2.76 bits per heavy atom. The van der Waals surface area contributed by atoms with Gasteiger partial charge in [0.25, 0.3) is 0 Å². The molecule has 0 fully saturated rings. The second-order valence-electron chi connectivity index (χ2n) is 3.91. The molecule has 0 radical (unpaired) electrons. The van der Waals surface area contributed by atoms with Crippen molar-refractivity contribution in [1.29, 1.82) is 0 Å². The van der Waals surface area contributed by atoms with Crippen LogP contribution in [0, 0.1) is 0 Å². The van der Waals surface area contributed by atoms with Crippen LogP contribution >= 0.6 is 0 Å². The maximum absolute atomic E-state index is 9.88. The number of aliphatic hydroxyl groups is 1. The molecule has 0 spiro atoms. The van der Waals surface area contributed by atoms with Crippen LogP contribution in [0.4, 0.5) is 0 Å². The molecule has 2 aromatic rings. The predicted octanol–water partition coefficient (Wildman–Crippen LogP) is 1.92. The quantitative estimate of drug-likeness (QED) is 0.856. The first kappa shape index (κ1) is 11.7. The molecule has 0 aliphatic carbocycles. The molecule has 0 aliphatic heterocycles. The van der Waals surface area contributed by atoms with E-state index in [0.717, 1.165) is 11.3 Å². The Morgan fingerprint density at radius 2 is 2.12 bits per heavy atom.